The van der Waals surface area contributed by atoms with E-state index in [0.29, 0.717) is 5.56 Å². The number of hydrogen-bond acceptors (Lipinski definition) is 3. The van der Waals surface area contributed by atoms with Gasteiger partial charge in [0.25, 0.3) is 0 Å². The quantitative estimate of drug-likeness (QED) is 0.463. The number of ketones is 1. The van der Waals surface area contributed by atoms with Gasteiger partial charge in [-0.15, -0.1) is 11.8 Å². The highest BCUT2D eigenvalue weighted by atomic mass is 32.2. The summed E-state index contributed by atoms with van der Waals surface area (Å²) >= 11 is 1.59. The zero-order valence-electron chi connectivity index (χ0n) is 11.8. The van der Waals surface area contributed by atoms with Crippen molar-refractivity contribution < 1.29 is 13.9 Å². The second-order valence-corrected chi connectivity index (χ2v) is 5.17. The number of methoxy groups -OCH3 is 1. The number of rotatable bonds is 5. The molecule has 2 aromatic rings. The standard InChI is InChI=1S/C17H15FO2S/c1-20-16-10-12(7-9-17(16)21-2)6-8-15(19)13-4-3-5-14(18)11-13/h3-11H,1-2H3/b8-6+. The van der Waals surface area contributed by atoms with Gasteiger partial charge in [0.2, 0.25) is 0 Å². The third-order valence-electron chi connectivity index (χ3n) is 2.94. The van der Waals surface area contributed by atoms with Gasteiger partial charge in [-0.2, -0.15) is 0 Å². The molecule has 0 heterocycles. The minimum absolute atomic E-state index is 0.234. The number of thioether (sulfide) groups is 1. The van der Waals surface area contributed by atoms with E-state index in [4.69, 9.17) is 4.74 Å². The molecule has 0 aliphatic carbocycles. The van der Waals surface area contributed by atoms with Crippen LogP contribution in [0.2, 0.25) is 0 Å². The number of carbonyl (C=O) groups excluding carboxylic acids is 1. The van der Waals surface area contributed by atoms with E-state index in [-0.39, 0.29) is 5.78 Å². The Morgan fingerprint density at radius 1 is 1.24 bits per heavy atom. The summed E-state index contributed by atoms with van der Waals surface area (Å²) in [4.78, 5) is 13.0. The minimum atomic E-state index is -0.416. The Hall–Kier alpha value is -2.07. The van der Waals surface area contributed by atoms with Crippen molar-refractivity contribution >= 4 is 23.6 Å². The number of ether oxygens (including phenoxy) is 1. The summed E-state index contributed by atoms with van der Waals surface area (Å²) in [6, 6.07) is 11.4. The summed E-state index contributed by atoms with van der Waals surface area (Å²) in [6.45, 7) is 0. The normalized spacial score (nSPS) is 10.8. The van der Waals surface area contributed by atoms with Crippen LogP contribution in [0, 0.1) is 5.82 Å². The largest absolute Gasteiger partial charge is 0.496 e. The van der Waals surface area contributed by atoms with E-state index in [9.17, 15) is 9.18 Å². The summed E-state index contributed by atoms with van der Waals surface area (Å²) < 4.78 is 18.4. The van der Waals surface area contributed by atoms with Crippen LogP contribution in [0.25, 0.3) is 6.08 Å². The monoisotopic (exact) mass is 302 g/mol. The van der Waals surface area contributed by atoms with Crippen LogP contribution >= 0.6 is 11.8 Å². The highest BCUT2D eigenvalue weighted by Gasteiger charge is 2.04. The van der Waals surface area contributed by atoms with Gasteiger partial charge < -0.3 is 4.74 Å². The summed E-state index contributed by atoms with van der Waals surface area (Å²) in [5.74, 6) is 0.116. The molecule has 0 amide bonds. The molecule has 0 saturated heterocycles. The lowest BCUT2D eigenvalue weighted by Crippen LogP contribution is -1.94. The molecule has 0 spiro atoms. The van der Waals surface area contributed by atoms with Crippen LogP contribution in [0.3, 0.4) is 0 Å². The number of carbonyl (C=O) groups is 1. The minimum Gasteiger partial charge on any atom is -0.496 e. The van der Waals surface area contributed by atoms with E-state index in [1.165, 1.54) is 24.3 Å². The number of hydrogen-bond donors (Lipinski definition) is 0. The Balaban J connectivity index is 2.19. The zero-order valence-corrected chi connectivity index (χ0v) is 12.6. The average Bonchev–Trinajstić information content (AvgIpc) is 2.52. The van der Waals surface area contributed by atoms with Gasteiger partial charge in [-0.3, -0.25) is 4.79 Å². The third-order valence-corrected chi connectivity index (χ3v) is 3.72. The second-order valence-electron chi connectivity index (χ2n) is 4.32. The molecule has 0 aliphatic heterocycles. The first-order chi connectivity index (χ1) is 10.1. The smallest absolute Gasteiger partial charge is 0.185 e. The van der Waals surface area contributed by atoms with E-state index in [2.05, 4.69) is 0 Å². The molecule has 0 unspecified atom stereocenters. The maximum Gasteiger partial charge on any atom is 0.185 e. The predicted octanol–water partition coefficient (Wildman–Crippen LogP) is 4.45. The van der Waals surface area contributed by atoms with Crippen molar-refractivity contribution in [2.45, 2.75) is 4.90 Å². The molecule has 2 aromatic carbocycles. The summed E-state index contributed by atoms with van der Waals surface area (Å²) in [6.07, 6.45) is 5.10. The molecule has 108 valence electrons. The first-order valence-electron chi connectivity index (χ1n) is 6.34. The van der Waals surface area contributed by atoms with Gasteiger partial charge in [0, 0.05) is 10.5 Å². The van der Waals surface area contributed by atoms with Crippen LogP contribution in [0.4, 0.5) is 4.39 Å². The third kappa shape index (κ3) is 3.95. The van der Waals surface area contributed by atoms with Gasteiger partial charge in [0.1, 0.15) is 11.6 Å². The first kappa shape index (κ1) is 15.3. The molecule has 0 bridgehead atoms. The molecule has 2 rings (SSSR count). The molecule has 0 saturated carbocycles. The summed E-state index contributed by atoms with van der Waals surface area (Å²) in [5.41, 5.74) is 1.19. The van der Waals surface area contributed by atoms with Crippen molar-refractivity contribution in [3.05, 3.63) is 65.5 Å². The highest BCUT2D eigenvalue weighted by molar-refractivity contribution is 7.98. The molecule has 0 fully saturated rings. The lowest BCUT2D eigenvalue weighted by atomic mass is 10.1. The van der Waals surface area contributed by atoms with Gasteiger partial charge in [0.05, 0.1) is 7.11 Å². The van der Waals surface area contributed by atoms with E-state index >= 15 is 0 Å². The van der Waals surface area contributed by atoms with Gasteiger partial charge in [0.15, 0.2) is 5.78 Å². The van der Waals surface area contributed by atoms with Crippen LogP contribution < -0.4 is 4.74 Å². The fourth-order valence-corrected chi connectivity index (χ4v) is 2.41. The lowest BCUT2D eigenvalue weighted by Gasteiger charge is -2.06. The fraction of sp³-hybridized carbons (Fsp3) is 0.118. The van der Waals surface area contributed by atoms with Crippen molar-refractivity contribution in [1.82, 2.24) is 0 Å². The Morgan fingerprint density at radius 2 is 2.05 bits per heavy atom. The molecule has 0 atom stereocenters. The Bertz CT molecular complexity index is 680. The zero-order chi connectivity index (χ0) is 15.2. The van der Waals surface area contributed by atoms with Crippen molar-refractivity contribution in [3.8, 4) is 5.75 Å². The predicted molar refractivity (Wildman–Crippen MR) is 84.5 cm³/mol. The van der Waals surface area contributed by atoms with Gasteiger partial charge in [-0.05, 0) is 42.2 Å². The molecule has 4 heteroatoms. The number of benzene rings is 2. The maximum absolute atomic E-state index is 13.1. The van der Waals surface area contributed by atoms with E-state index in [1.54, 1.807) is 31.0 Å². The van der Waals surface area contributed by atoms with Crippen molar-refractivity contribution in [3.63, 3.8) is 0 Å². The van der Waals surface area contributed by atoms with Gasteiger partial charge >= 0.3 is 0 Å². The van der Waals surface area contributed by atoms with Crippen LogP contribution in [0.5, 0.6) is 5.75 Å². The molecule has 0 aliphatic rings. The molecule has 0 N–H and O–H groups in total. The molecule has 21 heavy (non-hydrogen) atoms. The topological polar surface area (TPSA) is 26.3 Å². The molecule has 0 aromatic heterocycles. The fourth-order valence-electron chi connectivity index (χ4n) is 1.87. The highest BCUT2D eigenvalue weighted by Crippen LogP contribution is 2.28. The van der Waals surface area contributed by atoms with Crippen LogP contribution in [0.1, 0.15) is 15.9 Å². The lowest BCUT2D eigenvalue weighted by molar-refractivity contribution is 0.104. The maximum atomic E-state index is 13.1. The van der Waals surface area contributed by atoms with E-state index in [0.717, 1.165) is 16.2 Å². The summed E-state index contributed by atoms with van der Waals surface area (Å²) in [7, 11) is 1.61. The second kappa shape index (κ2) is 7.09. The Kier molecular flexibility index (Phi) is 5.17. The first-order valence-corrected chi connectivity index (χ1v) is 7.56. The Labute approximate surface area is 127 Å². The van der Waals surface area contributed by atoms with Crippen molar-refractivity contribution in [2.24, 2.45) is 0 Å². The van der Waals surface area contributed by atoms with Crippen LogP contribution in [-0.4, -0.2) is 19.1 Å². The van der Waals surface area contributed by atoms with Crippen LogP contribution in [0.15, 0.2) is 53.4 Å². The molecular weight excluding hydrogens is 287 g/mol. The average molecular weight is 302 g/mol. The molecule has 2 nitrogen and oxygen atoms in total. The SMILES string of the molecule is COc1cc(/C=C/C(=O)c2cccc(F)c2)ccc1SC. The molecular formula is C17H15FO2S. The number of allylic oxidation sites excluding steroid dienone is 1. The number of halogens is 1. The summed E-state index contributed by atoms with van der Waals surface area (Å²) in [5, 5.41) is 0. The van der Waals surface area contributed by atoms with Crippen molar-refractivity contribution in [2.75, 3.05) is 13.4 Å². The molecule has 0 radical (unpaired) electrons. The van der Waals surface area contributed by atoms with Gasteiger partial charge in [-0.1, -0.05) is 24.3 Å². The van der Waals surface area contributed by atoms with E-state index in [1.807, 2.05) is 24.5 Å². The van der Waals surface area contributed by atoms with E-state index < -0.39 is 5.82 Å². The van der Waals surface area contributed by atoms with Crippen molar-refractivity contribution in [1.29, 1.82) is 0 Å². The van der Waals surface area contributed by atoms with Crippen LogP contribution in [-0.2, 0) is 0 Å². The van der Waals surface area contributed by atoms with Gasteiger partial charge in [-0.25, -0.2) is 4.39 Å². The Morgan fingerprint density at radius 3 is 2.71 bits per heavy atom.